The molecule has 4 unspecified atom stereocenters. The lowest BCUT2D eigenvalue weighted by molar-refractivity contribution is -0.148. The summed E-state index contributed by atoms with van der Waals surface area (Å²) in [4.78, 5) is 23.8. The second-order valence-corrected chi connectivity index (χ2v) is 5.53. The lowest BCUT2D eigenvalue weighted by atomic mass is 10.1. The third-order valence-electron chi connectivity index (χ3n) is 4.22. The molecule has 0 saturated heterocycles. The van der Waals surface area contributed by atoms with Gasteiger partial charge in [0, 0.05) is 5.92 Å². The third kappa shape index (κ3) is 2.70. The number of benzene rings is 1. The molecule has 5 heteroatoms. The van der Waals surface area contributed by atoms with E-state index >= 15 is 0 Å². The molecular weight excluding hydrogens is 275 g/mol. The fourth-order valence-electron chi connectivity index (χ4n) is 3.12. The van der Waals surface area contributed by atoms with E-state index in [9.17, 15) is 14.0 Å². The van der Waals surface area contributed by atoms with E-state index in [2.05, 4.69) is 0 Å². The highest BCUT2D eigenvalue weighted by Gasteiger charge is 2.66. The molecule has 0 radical (unpaired) electrons. The normalized spacial score (nSPS) is 30.1. The molecule has 112 valence electrons. The molecule has 4 nitrogen and oxygen atoms in total. The maximum absolute atomic E-state index is 12.8. The summed E-state index contributed by atoms with van der Waals surface area (Å²) in [5.74, 6) is -0.965. The van der Waals surface area contributed by atoms with E-state index in [1.807, 2.05) is 0 Å². The molecule has 1 aromatic rings. The zero-order valence-corrected chi connectivity index (χ0v) is 11.8. The Balaban J connectivity index is 1.51. The van der Waals surface area contributed by atoms with Crippen molar-refractivity contribution in [3.8, 4) is 0 Å². The standard InChI is InChI=1S/C16H17FO4/c1-2-20-16(19)14-11-7-12(15(18)13(11)14)21-8-9-3-5-10(17)6-4-9/h3-6,11-14H,2,7-8H2,1H3. The summed E-state index contributed by atoms with van der Waals surface area (Å²) in [6, 6.07) is 6.00. The molecule has 3 rings (SSSR count). The first kappa shape index (κ1) is 14.2. The number of halogens is 1. The third-order valence-corrected chi connectivity index (χ3v) is 4.22. The average molecular weight is 292 g/mol. The van der Waals surface area contributed by atoms with Gasteiger partial charge in [-0.05, 0) is 37.0 Å². The van der Waals surface area contributed by atoms with E-state index in [-0.39, 0.29) is 41.9 Å². The van der Waals surface area contributed by atoms with Crippen LogP contribution in [0.4, 0.5) is 4.39 Å². The van der Waals surface area contributed by atoms with Crippen molar-refractivity contribution in [2.45, 2.75) is 26.1 Å². The Morgan fingerprint density at radius 2 is 2.05 bits per heavy atom. The quantitative estimate of drug-likeness (QED) is 0.780. The molecule has 2 fully saturated rings. The van der Waals surface area contributed by atoms with Crippen molar-refractivity contribution < 1.29 is 23.5 Å². The average Bonchev–Trinajstić information content (AvgIpc) is 3.10. The molecule has 0 amide bonds. The Labute approximate surface area is 122 Å². The molecule has 21 heavy (non-hydrogen) atoms. The van der Waals surface area contributed by atoms with Crippen molar-refractivity contribution in [1.82, 2.24) is 0 Å². The second-order valence-electron chi connectivity index (χ2n) is 5.53. The first-order valence-electron chi connectivity index (χ1n) is 7.18. The first-order chi connectivity index (χ1) is 10.1. The number of fused-ring (bicyclic) bond motifs is 1. The van der Waals surface area contributed by atoms with Crippen LogP contribution in [0.1, 0.15) is 18.9 Å². The van der Waals surface area contributed by atoms with E-state index in [1.54, 1.807) is 19.1 Å². The van der Waals surface area contributed by atoms with Gasteiger partial charge in [-0.25, -0.2) is 4.39 Å². The van der Waals surface area contributed by atoms with Crippen molar-refractivity contribution in [3.05, 3.63) is 35.6 Å². The zero-order chi connectivity index (χ0) is 15.0. The van der Waals surface area contributed by atoms with Crippen LogP contribution in [0.3, 0.4) is 0 Å². The molecule has 2 aliphatic carbocycles. The van der Waals surface area contributed by atoms with E-state index in [1.165, 1.54) is 12.1 Å². The highest BCUT2D eigenvalue weighted by Crippen LogP contribution is 2.56. The molecule has 0 heterocycles. The van der Waals surface area contributed by atoms with Crippen LogP contribution < -0.4 is 0 Å². The fraction of sp³-hybridized carbons (Fsp3) is 0.500. The number of ketones is 1. The highest BCUT2D eigenvalue weighted by molar-refractivity contribution is 5.97. The van der Waals surface area contributed by atoms with Crippen LogP contribution >= 0.6 is 0 Å². The van der Waals surface area contributed by atoms with Crippen LogP contribution in [0.15, 0.2) is 24.3 Å². The minimum atomic E-state index is -0.448. The Morgan fingerprint density at radius 1 is 1.33 bits per heavy atom. The summed E-state index contributed by atoms with van der Waals surface area (Å²) >= 11 is 0. The number of hydrogen-bond donors (Lipinski definition) is 0. The van der Waals surface area contributed by atoms with Gasteiger partial charge in [-0.15, -0.1) is 0 Å². The second kappa shape index (κ2) is 5.56. The Morgan fingerprint density at radius 3 is 2.62 bits per heavy atom. The van der Waals surface area contributed by atoms with Gasteiger partial charge in [-0.1, -0.05) is 12.1 Å². The van der Waals surface area contributed by atoms with E-state index < -0.39 is 6.10 Å². The van der Waals surface area contributed by atoms with E-state index in [0.717, 1.165) is 5.56 Å². The van der Waals surface area contributed by atoms with E-state index in [0.29, 0.717) is 13.0 Å². The first-order valence-corrected chi connectivity index (χ1v) is 7.18. The summed E-state index contributed by atoms with van der Waals surface area (Å²) in [5.41, 5.74) is 0.826. The van der Waals surface area contributed by atoms with Crippen LogP contribution in [0.2, 0.25) is 0 Å². The molecule has 0 aromatic heterocycles. The maximum atomic E-state index is 12.8. The van der Waals surface area contributed by atoms with Gasteiger partial charge in [-0.3, -0.25) is 9.59 Å². The largest absolute Gasteiger partial charge is 0.466 e. The van der Waals surface area contributed by atoms with Gasteiger partial charge < -0.3 is 9.47 Å². The van der Waals surface area contributed by atoms with Crippen LogP contribution in [0.25, 0.3) is 0 Å². The van der Waals surface area contributed by atoms with Crippen molar-refractivity contribution in [2.75, 3.05) is 6.61 Å². The Bertz CT molecular complexity index is 554. The minimum absolute atomic E-state index is 0.000153. The van der Waals surface area contributed by atoms with Crippen molar-refractivity contribution >= 4 is 11.8 Å². The number of ether oxygens (including phenoxy) is 2. The molecule has 2 aliphatic rings. The Kier molecular flexibility index (Phi) is 3.76. The summed E-state index contributed by atoms with van der Waals surface area (Å²) < 4.78 is 23.4. The summed E-state index contributed by atoms with van der Waals surface area (Å²) in [5, 5.41) is 0. The van der Waals surface area contributed by atoms with Gasteiger partial charge in [0.1, 0.15) is 11.9 Å². The topological polar surface area (TPSA) is 52.6 Å². The van der Waals surface area contributed by atoms with Crippen LogP contribution in [0.5, 0.6) is 0 Å². The van der Waals surface area contributed by atoms with Crippen LogP contribution in [-0.2, 0) is 25.7 Å². The lowest BCUT2D eigenvalue weighted by Gasteiger charge is -2.14. The smallest absolute Gasteiger partial charge is 0.309 e. The van der Waals surface area contributed by atoms with Gasteiger partial charge in [0.15, 0.2) is 5.78 Å². The predicted octanol–water partition coefficient (Wildman–Crippen LogP) is 2.11. The van der Waals surface area contributed by atoms with Gasteiger partial charge in [0.2, 0.25) is 0 Å². The van der Waals surface area contributed by atoms with Gasteiger partial charge >= 0.3 is 5.97 Å². The molecule has 0 N–H and O–H groups in total. The number of carbonyl (C=O) groups is 2. The molecular formula is C16H17FO4. The Hall–Kier alpha value is -1.75. The van der Waals surface area contributed by atoms with Crippen molar-refractivity contribution in [3.63, 3.8) is 0 Å². The van der Waals surface area contributed by atoms with Gasteiger partial charge in [0.25, 0.3) is 0 Å². The number of carbonyl (C=O) groups excluding carboxylic acids is 2. The molecule has 1 aromatic carbocycles. The van der Waals surface area contributed by atoms with Gasteiger partial charge in [0.05, 0.1) is 19.1 Å². The summed E-state index contributed by atoms with van der Waals surface area (Å²) in [6.45, 7) is 2.38. The molecule has 4 atom stereocenters. The number of Topliss-reactive ketones (excluding diaryl/α,β-unsaturated/α-hetero) is 1. The van der Waals surface area contributed by atoms with Crippen molar-refractivity contribution in [2.24, 2.45) is 17.8 Å². The predicted molar refractivity (Wildman–Crippen MR) is 71.7 cm³/mol. The van der Waals surface area contributed by atoms with Gasteiger partial charge in [-0.2, -0.15) is 0 Å². The summed E-state index contributed by atoms with van der Waals surface area (Å²) in [7, 11) is 0. The zero-order valence-electron chi connectivity index (χ0n) is 11.8. The summed E-state index contributed by atoms with van der Waals surface area (Å²) in [6.07, 6.45) is 0.129. The minimum Gasteiger partial charge on any atom is -0.466 e. The number of esters is 1. The molecule has 0 aliphatic heterocycles. The van der Waals surface area contributed by atoms with E-state index in [4.69, 9.17) is 9.47 Å². The molecule has 0 spiro atoms. The monoisotopic (exact) mass is 292 g/mol. The maximum Gasteiger partial charge on any atom is 0.309 e. The molecule has 2 saturated carbocycles. The lowest BCUT2D eigenvalue weighted by Crippen LogP contribution is -2.25. The number of rotatable bonds is 5. The van der Waals surface area contributed by atoms with Crippen LogP contribution in [-0.4, -0.2) is 24.5 Å². The molecule has 0 bridgehead atoms. The number of hydrogen-bond acceptors (Lipinski definition) is 4. The van der Waals surface area contributed by atoms with Crippen molar-refractivity contribution in [1.29, 1.82) is 0 Å². The highest BCUT2D eigenvalue weighted by atomic mass is 19.1. The SMILES string of the molecule is CCOC(=O)C1C2CC(OCc3ccc(F)cc3)C(=O)C21. The van der Waals surface area contributed by atoms with Crippen LogP contribution in [0, 0.1) is 23.6 Å². The fourth-order valence-corrected chi connectivity index (χ4v) is 3.12.